The zero-order valence-electron chi connectivity index (χ0n) is 43.8. The molecule has 0 saturated carbocycles. The van der Waals surface area contributed by atoms with Crippen molar-refractivity contribution in [3.63, 3.8) is 0 Å². The van der Waals surface area contributed by atoms with Crippen molar-refractivity contribution in [1.82, 2.24) is 40.5 Å². The minimum Gasteiger partial charge on any atom is -0.377 e. The number of hydrogen-bond acceptors (Lipinski definition) is 8. The van der Waals surface area contributed by atoms with Crippen LogP contribution in [0.2, 0.25) is 0 Å². The van der Waals surface area contributed by atoms with E-state index in [1.165, 1.54) is 0 Å². The molecule has 0 fully saturated rings. The summed E-state index contributed by atoms with van der Waals surface area (Å²) in [6.45, 7) is 3.93. The number of fused-ring (bicyclic) bond motifs is 8. The third-order valence-electron chi connectivity index (χ3n) is 13.6. The maximum absolute atomic E-state index is 13.5. The van der Waals surface area contributed by atoms with Crippen LogP contribution in [0, 0.1) is 6.92 Å². The van der Waals surface area contributed by atoms with E-state index in [4.69, 9.17) is 19.4 Å². The molecule has 11 rings (SSSR count). The van der Waals surface area contributed by atoms with E-state index in [0.717, 1.165) is 94.9 Å². The standard InChI is InChI=1S/C63H55N11O4/c1-41-17-25-64-56(39-41)57-40-47(18-26-65-57)63(76)67-28-36-78-38-37-77-35-27-66-62(75)46-7-5-42(6-8-46)58-48-9-11-50(68-48)59(43-19-29-72(2)30-20-43)52-13-15-54(70-52)61(45-23-33-74(4)34-24-45)55-16-14-53(71-55)60(51-12-10-49(58)69-51)44-21-31-73(3)32-22-44/h5-26,29-34,39-40H,27-28,35-38H2,1-4H3,(H-2,66,67,68,69,70,71,75,76)/p+3. The molecular weight excluding hydrogens is 975 g/mol. The number of aryl methyl sites for hydroxylation is 4. The molecule has 8 aromatic heterocycles. The molecule has 78 heavy (non-hydrogen) atoms. The molecule has 2 aliphatic rings. The summed E-state index contributed by atoms with van der Waals surface area (Å²) >= 11 is 0. The first-order valence-electron chi connectivity index (χ1n) is 25.9. The van der Waals surface area contributed by atoms with Crippen molar-refractivity contribution in [3.05, 3.63) is 198 Å². The van der Waals surface area contributed by atoms with E-state index in [0.29, 0.717) is 62.0 Å². The van der Waals surface area contributed by atoms with Crippen LogP contribution in [0.3, 0.4) is 0 Å². The number of H-pyrrole nitrogens is 2. The van der Waals surface area contributed by atoms with Gasteiger partial charge in [-0.3, -0.25) is 19.6 Å². The fraction of sp³-hybridized carbons (Fsp3) is 0.159. The predicted octanol–water partition coefficient (Wildman–Crippen LogP) is 8.76. The van der Waals surface area contributed by atoms with Crippen LogP contribution in [-0.2, 0) is 30.6 Å². The number of carbonyl (C=O) groups is 2. The summed E-state index contributed by atoms with van der Waals surface area (Å²) in [6, 6.07) is 36.0. The first kappa shape index (κ1) is 50.6. The summed E-state index contributed by atoms with van der Waals surface area (Å²) in [5, 5.41) is 5.86. The summed E-state index contributed by atoms with van der Waals surface area (Å²) in [7, 11) is 6.04. The van der Waals surface area contributed by atoms with Crippen molar-refractivity contribution in [3.8, 4) is 55.9 Å². The number of carbonyl (C=O) groups excluding carboxylic acids is 2. The Bertz CT molecular complexity index is 3900. The van der Waals surface area contributed by atoms with Gasteiger partial charge in [-0.05, 0) is 120 Å². The summed E-state index contributed by atoms with van der Waals surface area (Å²) in [5.41, 5.74) is 17.9. The Morgan fingerprint density at radius 1 is 0.449 bits per heavy atom. The zero-order valence-corrected chi connectivity index (χ0v) is 43.8. The first-order chi connectivity index (χ1) is 38.1. The molecule has 2 aliphatic heterocycles. The van der Waals surface area contributed by atoms with Crippen LogP contribution in [0.5, 0.6) is 0 Å². The Morgan fingerprint density at radius 2 is 0.821 bits per heavy atom. The average molecular weight is 1030 g/mol. The summed E-state index contributed by atoms with van der Waals surface area (Å²) in [4.78, 5) is 53.5. The van der Waals surface area contributed by atoms with E-state index in [1.807, 2.05) is 103 Å². The van der Waals surface area contributed by atoms with E-state index in [1.54, 1.807) is 24.5 Å². The highest BCUT2D eigenvalue weighted by atomic mass is 16.5. The van der Waals surface area contributed by atoms with Crippen LogP contribution in [-0.4, -0.2) is 81.2 Å². The number of pyridine rings is 5. The highest BCUT2D eigenvalue weighted by molar-refractivity contribution is 6.01. The number of aromatic nitrogens is 9. The molecule has 386 valence electrons. The summed E-state index contributed by atoms with van der Waals surface area (Å²) in [5.74, 6) is -0.434. The van der Waals surface area contributed by atoms with Gasteiger partial charge in [0.2, 0.25) is 0 Å². The van der Waals surface area contributed by atoms with Crippen LogP contribution >= 0.6 is 0 Å². The molecule has 8 bridgehead atoms. The second-order valence-corrected chi connectivity index (χ2v) is 19.2. The molecule has 0 saturated heterocycles. The number of benzene rings is 1. The van der Waals surface area contributed by atoms with Crippen molar-refractivity contribution >= 4 is 58.2 Å². The second-order valence-electron chi connectivity index (χ2n) is 19.2. The fourth-order valence-electron chi connectivity index (χ4n) is 9.60. The lowest BCUT2D eigenvalue weighted by molar-refractivity contribution is -0.671. The maximum Gasteiger partial charge on any atom is 0.251 e. The Labute approximate surface area is 451 Å². The molecule has 2 amide bonds. The molecule has 15 nitrogen and oxygen atoms in total. The molecule has 9 aromatic rings. The van der Waals surface area contributed by atoms with Gasteiger partial charge >= 0.3 is 0 Å². The van der Waals surface area contributed by atoms with Gasteiger partial charge in [-0.15, -0.1) is 0 Å². The number of hydrogen-bond donors (Lipinski definition) is 4. The van der Waals surface area contributed by atoms with Gasteiger partial charge in [-0.2, -0.15) is 0 Å². The molecule has 1 aromatic carbocycles. The van der Waals surface area contributed by atoms with Crippen LogP contribution in [0.25, 0.3) is 102 Å². The molecule has 4 N–H and O–H groups in total. The number of nitrogens with zero attached hydrogens (tertiary/aromatic N) is 7. The fourth-order valence-corrected chi connectivity index (χ4v) is 9.60. The van der Waals surface area contributed by atoms with Crippen molar-refractivity contribution in [2.45, 2.75) is 6.92 Å². The van der Waals surface area contributed by atoms with Crippen LogP contribution in [0.1, 0.15) is 49.1 Å². The van der Waals surface area contributed by atoms with E-state index in [2.05, 4.69) is 128 Å². The van der Waals surface area contributed by atoms with Gasteiger partial charge in [-0.25, -0.2) is 23.7 Å². The van der Waals surface area contributed by atoms with Gasteiger partial charge in [-0.1, -0.05) is 12.1 Å². The van der Waals surface area contributed by atoms with E-state index in [-0.39, 0.29) is 11.8 Å². The minimum absolute atomic E-state index is 0.216. The molecule has 0 spiro atoms. The molecule has 0 unspecified atom stereocenters. The Morgan fingerprint density at radius 3 is 1.23 bits per heavy atom. The van der Waals surface area contributed by atoms with E-state index in [9.17, 15) is 9.59 Å². The minimum atomic E-state index is -0.218. The molecular formula is C63H58N11O4+3. The highest BCUT2D eigenvalue weighted by Gasteiger charge is 2.21. The molecule has 0 atom stereocenters. The number of rotatable bonds is 16. The topological polar surface area (TPSA) is 171 Å². The lowest BCUT2D eigenvalue weighted by Gasteiger charge is -2.09. The zero-order chi connectivity index (χ0) is 53.5. The van der Waals surface area contributed by atoms with Gasteiger partial charge in [0.05, 0.1) is 60.6 Å². The van der Waals surface area contributed by atoms with Crippen LogP contribution < -0.4 is 24.3 Å². The lowest BCUT2D eigenvalue weighted by atomic mass is 10.0. The number of nitrogens with one attached hydrogen (secondary N) is 4. The second kappa shape index (κ2) is 22.7. The lowest BCUT2D eigenvalue weighted by Crippen LogP contribution is -2.28. The third kappa shape index (κ3) is 11.2. The number of ether oxygens (including phenoxy) is 2. The van der Waals surface area contributed by atoms with Gasteiger partial charge in [0.15, 0.2) is 37.2 Å². The van der Waals surface area contributed by atoms with Crippen molar-refractivity contribution in [1.29, 1.82) is 0 Å². The van der Waals surface area contributed by atoms with Crippen molar-refractivity contribution in [2.24, 2.45) is 21.1 Å². The molecule has 0 aliphatic carbocycles. The van der Waals surface area contributed by atoms with Crippen LogP contribution in [0.15, 0.2) is 159 Å². The Balaban J connectivity index is 0.838. The summed E-state index contributed by atoms with van der Waals surface area (Å²) in [6.07, 6.45) is 24.0. The van der Waals surface area contributed by atoms with Gasteiger partial charge < -0.3 is 30.1 Å². The van der Waals surface area contributed by atoms with Gasteiger partial charge in [0, 0.05) is 117 Å². The quantitative estimate of drug-likeness (QED) is 0.0550. The maximum atomic E-state index is 13.5. The van der Waals surface area contributed by atoms with E-state index < -0.39 is 0 Å². The Kier molecular flexibility index (Phi) is 14.7. The first-order valence-corrected chi connectivity index (χ1v) is 25.9. The number of amides is 2. The number of aromatic amines is 2. The molecule has 0 radical (unpaired) electrons. The molecule has 10 heterocycles. The van der Waals surface area contributed by atoms with Gasteiger partial charge in [0.25, 0.3) is 11.8 Å². The molecule has 15 heteroatoms. The van der Waals surface area contributed by atoms with Gasteiger partial charge in [0.1, 0.15) is 21.1 Å². The van der Waals surface area contributed by atoms with Crippen molar-refractivity contribution in [2.75, 3.05) is 39.5 Å². The monoisotopic (exact) mass is 1030 g/mol. The average Bonchev–Trinajstić information content (AvgIpc) is 4.35. The van der Waals surface area contributed by atoms with Crippen LogP contribution in [0.4, 0.5) is 0 Å². The normalized spacial score (nSPS) is 11.7. The predicted molar refractivity (Wildman–Crippen MR) is 303 cm³/mol. The SMILES string of the molecule is Cc1ccnc(-c2cc(C(=O)NCCOCCOCCNC(=O)c3ccc(-c4c5nc(c(-c6cc[n+](C)cc6)c6ccc([nH]6)c(-c6cc[n+](C)cc6)c6nc(c(-c7cc[n+](C)cc7)c7ccc4[nH]7)C=C6)C=C5)cc3)ccn2)c1. The largest absolute Gasteiger partial charge is 0.377 e. The third-order valence-corrected chi connectivity index (χ3v) is 13.6. The summed E-state index contributed by atoms with van der Waals surface area (Å²) < 4.78 is 17.5. The van der Waals surface area contributed by atoms with E-state index >= 15 is 0 Å². The Hall–Kier alpha value is -9.57. The van der Waals surface area contributed by atoms with Crippen molar-refractivity contribution < 1.29 is 32.8 Å². The smallest absolute Gasteiger partial charge is 0.251 e. The highest BCUT2D eigenvalue weighted by Crippen LogP contribution is 2.38.